The number of benzene rings is 1. The predicted molar refractivity (Wildman–Crippen MR) is 112 cm³/mol. The van der Waals surface area contributed by atoms with Crippen molar-refractivity contribution in [2.24, 2.45) is 5.92 Å². The number of piperidine rings is 1. The smallest absolute Gasteiger partial charge is 0.272 e. The van der Waals surface area contributed by atoms with Gasteiger partial charge in [-0.15, -0.1) is 0 Å². The molecule has 1 N–H and O–H groups in total. The Morgan fingerprint density at radius 3 is 2.63 bits per heavy atom. The maximum absolute atomic E-state index is 14.3. The van der Waals surface area contributed by atoms with Gasteiger partial charge in [0.25, 0.3) is 5.91 Å². The van der Waals surface area contributed by atoms with E-state index in [0.29, 0.717) is 36.8 Å². The summed E-state index contributed by atoms with van der Waals surface area (Å²) in [6, 6.07) is 6.54. The van der Waals surface area contributed by atoms with Gasteiger partial charge in [-0.1, -0.05) is 26.0 Å². The van der Waals surface area contributed by atoms with Gasteiger partial charge in [-0.05, 0) is 50.2 Å². The average molecular weight is 413 g/mol. The first kappa shape index (κ1) is 20.6. The number of amides is 2. The number of nitrogens with zero attached hydrogens (tertiary/aromatic N) is 3. The molecule has 30 heavy (non-hydrogen) atoms. The minimum Gasteiger partial charge on any atom is -0.348 e. The molecule has 1 aliphatic heterocycles. The van der Waals surface area contributed by atoms with Crippen molar-refractivity contribution in [3.8, 4) is 5.69 Å². The summed E-state index contributed by atoms with van der Waals surface area (Å²) in [5, 5.41) is 7.60. The lowest BCUT2D eigenvalue weighted by molar-refractivity contribution is -0.133. The van der Waals surface area contributed by atoms with Crippen LogP contribution in [0, 0.1) is 11.7 Å². The molecule has 2 aliphatic rings. The van der Waals surface area contributed by atoms with Gasteiger partial charge in [-0.2, -0.15) is 5.10 Å². The summed E-state index contributed by atoms with van der Waals surface area (Å²) in [5.41, 5.74) is 2.65. The normalized spacial score (nSPS) is 16.7. The van der Waals surface area contributed by atoms with Gasteiger partial charge < -0.3 is 10.2 Å². The Balaban J connectivity index is 1.45. The van der Waals surface area contributed by atoms with Crippen LogP contribution in [-0.4, -0.2) is 45.6 Å². The molecule has 2 aromatic rings. The van der Waals surface area contributed by atoms with Gasteiger partial charge in [-0.25, -0.2) is 9.07 Å². The zero-order chi connectivity index (χ0) is 21.3. The van der Waals surface area contributed by atoms with E-state index in [2.05, 4.69) is 10.4 Å². The number of hydrogen-bond acceptors (Lipinski definition) is 3. The predicted octanol–water partition coefficient (Wildman–Crippen LogP) is 3.27. The van der Waals surface area contributed by atoms with Crippen molar-refractivity contribution < 1.29 is 14.0 Å². The monoisotopic (exact) mass is 412 g/mol. The minimum absolute atomic E-state index is 0.0243. The summed E-state index contributed by atoms with van der Waals surface area (Å²) < 4.78 is 15.9. The molecule has 7 heteroatoms. The lowest BCUT2D eigenvalue weighted by Gasteiger charge is -2.32. The third kappa shape index (κ3) is 4.11. The highest BCUT2D eigenvalue weighted by atomic mass is 19.1. The fourth-order valence-electron chi connectivity index (χ4n) is 4.45. The minimum atomic E-state index is -0.347. The quantitative estimate of drug-likeness (QED) is 0.820. The second-order valence-corrected chi connectivity index (χ2v) is 8.72. The number of likely N-dealkylation sites (tertiary alicyclic amines) is 1. The molecule has 1 aliphatic carbocycles. The van der Waals surface area contributed by atoms with Crippen LogP contribution in [0.5, 0.6) is 0 Å². The van der Waals surface area contributed by atoms with Crippen LogP contribution in [0.25, 0.3) is 5.69 Å². The van der Waals surface area contributed by atoms with Gasteiger partial charge in [0.05, 0.1) is 0 Å². The van der Waals surface area contributed by atoms with E-state index in [1.165, 1.54) is 6.07 Å². The zero-order valence-electron chi connectivity index (χ0n) is 17.7. The molecule has 0 radical (unpaired) electrons. The molecule has 1 fully saturated rings. The van der Waals surface area contributed by atoms with Crippen LogP contribution in [0.3, 0.4) is 0 Å². The first-order valence-corrected chi connectivity index (χ1v) is 10.9. The van der Waals surface area contributed by atoms with E-state index in [9.17, 15) is 14.0 Å². The van der Waals surface area contributed by atoms with Crippen LogP contribution in [0.4, 0.5) is 4.39 Å². The van der Waals surface area contributed by atoms with Crippen molar-refractivity contribution in [3.05, 3.63) is 47.0 Å². The Morgan fingerprint density at radius 1 is 1.20 bits per heavy atom. The molecular formula is C23H29FN4O2. The molecule has 1 saturated heterocycles. The zero-order valence-corrected chi connectivity index (χ0v) is 17.7. The summed E-state index contributed by atoms with van der Waals surface area (Å²) >= 11 is 0. The fourth-order valence-corrected chi connectivity index (χ4v) is 4.45. The van der Waals surface area contributed by atoms with E-state index in [-0.39, 0.29) is 23.7 Å². The first-order valence-electron chi connectivity index (χ1n) is 10.9. The molecular weight excluding hydrogens is 383 g/mol. The molecule has 0 saturated carbocycles. The van der Waals surface area contributed by atoms with E-state index in [1.807, 2.05) is 18.7 Å². The lowest BCUT2D eigenvalue weighted by Crippen LogP contribution is -2.47. The number of carbonyl (C=O) groups excluding carboxylic acids is 2. The Labute approximate surface area is 176 Å². The van der Waals surface area contributed by atoms with Crippen molar-refractivity contribution in [2.75, 3.05) is 13.1 Å². The Bertz CT molecular complexity index is 945. The number of nitrogens with one attached hydrogen (secondary N) is 1. The fraction of sp³-hybridized carbons (Fsp3) is 0.522. The van der Waals surface area contributed by atoms with Crippen LogP contribution in [-0.2, 0) is 17.6 Å². The topological polar surface area (TPSA) is 67.2 Å². The molecule has 0 unspecified atom stereocenters. The van der Waals surface area contributed by atoms with Crippen molar-refractivity contribution in [3.63, 3.8) is 0 Å². The molecule has 1 aromatic carbocycles. The van der Waals surface area contributed by atoms with Crippen molar-refractivity contribution >= 4 is 11.8 Å². The first-order chi connectivity index (χ1) is 14.4. The van der Waals surface area contributed by atoms with Crippen molar-refractivity contribution in [1.29, 1.82) is 0 Å². The van der Waals surface area contributed by atoms with Crippen LogP contribution >= 0.6 is 0 Å². The largest absolute Gasteiger partial charge is 0.348 e. The molecule has 2 heterocycles. The highest BCUT2D eigenvalue weighted by molar-refractivity contribution is 5.94. The molecule has 160 valence electrons. The summed E-state index contributed by atoms with van der Waals surface area (Å²) in [6.45, 7) is 5.42. The number of rotatable bonds is 5. The summed E-state index contributed by atoms with van der Waals surface area (Å²) in [6.07, 6.45) is 4.57. The third-order valence-electron chi connectivity index (χ3n) is 5.99. The average Bonchev–Trinajstić information content (AvgIpc) is 3.31. The van der Waals surface area contributed by atoms with E-state index in [4.69, 9.17) is 0 Å². The van der Waals surface area contributed by atoms with Crippen LogP contribution in [0.1, 0.15) is 61.3 Å². The molecule has 1 aromatic heterocycles. The Kier molecular flexibility index (Phi) is 5.88. The molecule has 0 spiro atoms. The summed E-state index contributed by atoms with van der Waals surface area (Å²) in [4.78, 5) is 27.1. The van der Waals surface area contributed by atoms with Crippen molar-refractivity contribution in [1.82, 2.24) is 20.0 Å². The molecule has 6 nitrogen and oxygen atoms in total. The van der Waals surface area contributed by atoms with Crippen LogP contribution < -0.4 is 5.32 Å². The third-order valence-corrected chi connectivity index (χ3v) is 5.99. The second-order valence-electron chi connectivity index (χ2n) is 8.72. The Morgan fingerprint density at radius 2 is 1.93 bits per heavy atom. The van der Waals surface area contributed by atoms with Gasteiger partial charge in [0.15, 0.2) is 5.69 Å². The standard InChI is InChI=1S/C23H29FN4O2/c1-15(2)14-21(29)27-12-10-16(11-13-27)25-23(30)22-17-6-5-9-19(17)28(26-22)20-8-4-3-7-18(20)24/h3-4,7-8,15-16H,5-6,9-14H2,1-2H3,(H,25,30). The van der Waals surface area contributed by atoms with Gasteiger partial charge in [0, 0.05) is 36.8 Å². The number of aromatic nitrogens is 2. The maximum atomic E-state index is 14.3. The van der Waals surface area contributed by atoms with Gasteiger partial charge >= 0.3 is 0 Å². The lowest BCUT2D eigenvalue weighted by atomic mass is 10.0. The van der Waals surface area contributed by atoms with Gasteiger partial charge in [0.2, 0.25) is 5.91 Å². The number of hydrogen-bond donors (Lipinski definition) is 1. The van der Waals surface area contributed by atoms with Crippen LogP contribution in [0.15, 0.2) is 24.3 Å². The number of para-hydroxylation sites is 1. The highest BCUT2D eigenvalue weighted by Gasteiger charge is 2.30. The second kappa shape index (κ2) is 8.58. The van der Waals surface area contributed by atoms with E-state index < -0.39 is 0 Å². The number of carbonyl (C=O) groups is 2. The number of halogens is 1. The molecule has 0 atom stereocenters. The summed E-state index contributed by atoms with van der Waals surface area (Å²) in [5.74, 6) is -0.00639. The maximum Gasteiger partial charge on any atom is 0.272 e. The van der Waals surface area contributed by atoms with Gasteiger partial charge in [-0.3, -0.25) is 9.59 Å². The van der Waals surface area contributed by atoms with E-state index >= 15 is 0 Å². The molecule has 2 amide bonds. The summed E-state index contributed by atoms with van der Waals surface area (Å²) in [7, 11) is 0. The SMILES string of the molecule is CC(C)CC(=O)N1CCC(NC(=O)c2nn(-c3ccccc3F)c3c2CCC3)CC1. The highest BCUT2D eigenvalue weighted by Crippen LogP contribution is 2.29. The molecule has 0 bridgehead atoms. The Hall–Kier alpha value is -2.70. The van der Waals surface area contributed by atoms with E-state index in [0.717, 1.165) is 43.4 Å². The van der Waals surface area contributed by atoms with Crippen LogP contribution in [0.2, 0.25) is 0 Å². The molecule has 4 rings (SSSR count). The van der Waals surface area contributed by atoms with Gasteiger partial charge in [0.1, 0.15) is 11.5 Å². The van der Waals surface area contributed by atoms with E-state index in [1.54, 1.807) is 22.9 Å². The van der Waals surface area contributed by atoms with Crippen molar-refractivity contribution in [2.45, 2.75) is 58.4 Å². The number of fused-ring (bicyclic) bond motifs is 1.